The van der Waals surface area contributed by atoms with Gasteiger partial charge in [0.25, 0.3) is 0 Å². The van der Waals surface area contributed by atoms with Crippen molar-refractivity contribution >= 4 is 5.78 Å². The van der Waals surface area contributed by atoms with Gasteiger partial charge in [0.2, 0.25) is 0 Å². The van der Waals surface area contributed by atoms with Crippen LogP contribution in [0.5, 0.6) is 0 Å². The third-order valence-corrected chi connectivity index (χ3v) is 12.7. The lowest BCUT2D eigenvalue weighted by atomic mass is 9.32. The van der Waals surface area contributed by atoms with Crippen molar-refractivity contribution in [2.75, 3.05) is 0 Å². The van der Waals surface area contributed by atoms with Crippen molar-refractivity contribution in [1.29, 1.82) is 0 Å². The number of carbonyl (C=O) groups is 1. The van der Waals surface area contributed by atoms with E-state index in [0.717, 1.165) is 24.7 Å². The van der Waals surface area contributed by atoms with E-state index in [2.05, 4.69) is 61.5 Å². The summed E-state index contributed by atoms with van der Waals surface area (Å²) in [5, 5.41) is 0. The van der Waals surface area contributed by atoms with Crippen molar-refractivity contribution in [3.8, 4) is 0 Å². The summed E-state index contributed by atoms with van der Waals surface area (Å²) in [6, 6.07) is 0. The number of hydrogen-bond donors (Lipinski definition) is 0. The van der Waals surface area contributed by atoms with Crippen LogP contribution in [-0.2, 0) is 4.79 Å². The van der Waals surface area contributed by atoms with Crippen LogP contribution in [0.3, 0.4) is 0 Å². The van der Waals surface area contributed by atoms with Gasteiger partial charge in [0.1, 0.15) is 5.78 Å². The number of hydrogen-bond acceptors (Lipinski definition) is 1. The molecule has 0 spiro atoms. The molecule has 0 amide bonds. The first-order valence-electron chi connectivity index (χ1n) is 13.5. The molecule has 5 aliphatic carbocycles. The van der Waals surface area contributed by atoms with Crippen molar-refractivity contribution < 1.29 is 4.79 Å². The van der Waals surface area contributed by atoms with Gasteiger partial charge in [-0.1, -0.05) is 67.0 Å². The Hall–Kier alpha value is -0.590. The predicted molar refractivity (Wildman–Crippen MR) is 130 cm³/mol. The van der Waals surface area contributed by atoms with Crippen LogP contribution in [0.1, 0.15) is 120 Å². The molecule has 0 bridgehead atoms. The summed E-state index contributed by atoms with van der Waals surface area (Å²) in [6.07, 6.45) is 15.6. The second-order valence-electron chi connectivity index (χ2n) is 14.9. The summed E-state index contributed by atoms with van der Waals surface area (Å²) in [4.78, 5) is 12.9. The lowest BCUT2D eigenvalue weighted by molar-refractivity contribution is -0.211. The monoisotopic (exact) mass is 424 g/mol. The highest BCUT2D eigenvalue weighted by atomic mass is 16.1. The second kappa shape index (κ2) is 6.29. The van der Waals surface area contributed by atoms with E-state index in [-0.39, 0.29) is 5.41 Å². The van der Waals surface area contributed by atoms with E-state index in [9.17, 15) is 4.79 Å². The normalized spacial score (nSPS) is 52.8. The van der Waals surface area contributed by atoms with Crippen LogP contribution in [0.15, 0.2) is 11.6 Å². The molecule has 0 aromatic rings. The topological polar surface area (TPSA) is 17.1 Å². The average Bonchev–Trinajstić information content (AvgIpc) is 2.67. The highest BCUT2D eigenvalue weighted by molar-refractivity contribution is 5.85. The number of ketones is 1. The maximum atomic E-state index is 12.9. The van der Waals surface area contributed by atoms with E-state index >= 15 is 0 Å². The van der Waals surface area contributed by atoms with Gasteiger partial charge in [0.05, 0.1) is 0 Å². The fraction of sp³-hybridized carbons (Fsp3) is 0.900. The van der Waals surface area contributed by atoms with Gasteiger partial charge in [-0.15, -0.1) is 0 Å². The summed E-state index contributed by atoms with van der Waals surface area (Å²) in [7, 11) is 0. The number of Topliss-reactive ketones (excluding diaryl/α,β-unsaturated/α-hetero) is 1. The summed E-state index contributed by atoms with van der Waals surface area (Å²) in [5.74, 6) is 2.64. The molecule has 0 saturated heterocycles. The standard InChI is InChI=1S/C30H48O/c1-25(2)15-16-27(5)17-18-29(7)20(21(27)19-25)9-10-23-28(6)13-12-24(31)26(3,4)22(28)11-14-30(23,29)8/h19-20,22-23H,9-18H2,1-8H3/t20-,22+,23+,27+,28-,29+,30+/m0/s1. The fourth-order valence-corrected chi connectivity index (χ4v) is 10.4. The first-order chi connectivity index (χ1) is 14.2. The summed E-state index contributed by atoms with van der Waals surface area (Å²) >= 11 is 0. The molecule has 4 saturated carbocycles. The minimum absolute atomic E-state index is 0.132. The maximum Gasteiger partial charge on any atom is 0.138 e. The van der Waals surface area contributed by atoms with E-state index in [4.69, 9.17) is 0 Å². The molecule has 0 N–H and O–H groups in total. The Morgan fingerprint density at radius 2 is 1.39 bits per heavy atom. The molecule has 0 radical (unpaired) electrons. The van der Waals surface area contributed by atoms with E-state index in [1.807, 2.05) is 5.57 Å². The van der Waals surface area contributed by atoms with Gasteiger partial charge in [-0.3, -0.25) is 4.79 Å². The first kappa shape index (κ1) is 22.2. The molecule has 0 aromatic heterocycles. The van der Waals surface area contributed by atoms with Crippen molar-refractivity contribution in [3.63, 3.8) is 0 Å². The number of carbonyl (C=O) groups excluding carboxylic acids is 1. The van der Waals surface area contributed by atoms with E-state index in [0.29, 0.717) is 38.8 Å². The molecule has 7 atom stereocenters. The van der Waals surface area contributed by atoms with Gasteiger partial charge in [-0.25, -0.2) is 0 Å². The molecule has 0 aliphatic heterocycles. The van der Waals surface area contributed by atoms with Crippen LogP contribution < -0.4 is 0 Å². The van der Waals surface area contributed by atoms with Gasteiger partial charge in [0.15, 0.2) is 0 Å². The van der Waals surface area contributed by atoms with Crippen molar-refractivity contribution in [1.82, 2.24) is 0 Å². The molecule has 0 heterocycles. The van der Waals surface area contributed by atoms with Crippen molar-refractivity contribution in [2.45, 2.75) is 120 Å². The molecule has 4 fully saturated rings. The Labute approximate surface area is 192 Å². The third kappa shape index (κ3) is 2.70. The highest BCUT2D eigenvalue weighted by Gasteiger charge is 2.68. The Bertz CT molecular complexity index is 831. The van der Waals surface area contributed by atoms with Crippen LogP contribution in [-0.4, -0.2) is 5.78 Å². The SMILES string of the molecule is CC1(C)C=C2[C@@H]3CC[C@@H]4[C@@]5(C)CCC(=O)C(C)(C)[C@H]5CC[C@@]4(C)[C@]3(C)CC[C@@]2(C)CC1. The molecule has 1 heteroatoms. The van der Waals surface area contributed by atoms with Gasteiger partial charge in [0, 0.05) is 11.8 Å². The smallest absolute Gasteiger partial charge is 0.138 e. The molecule has 174 valence electrons. The van der Waals surface area contributed by atoms with Crippen LogP contribution in [0.4, 0.5) is 0 Å². The first-order valence-corrected chi connectivity index (χ1v) is 13.5. The van der Waals surface area contributed by atoms with E-state index in [1.165, 1.54) is 51.4 Å². The summed E-state index contributed by atoms with van der Waals surface area (Å²) < 4.78 is 0. The van der Waals surface area contributed by atoms with Crippen molar-refractivity contribution in [2.24, 2.45) is 50.2 Å². The molecular weight excluding hydrogens is 376 g/mol. The van der Waals surface area contributed by atoms with Gasteiger partial charge >= 0.3 is 0 Å². The Morgan fingerprint density at radius 3 is 2.10 bits per heavy atom. The number of fused-ring (bicyclic) bond motifs is 7. The Kier molecular flexibility index (Phi) is 4.51. The molecule has 5 aliphatic rings. The van der Waals surface area contributed by atoms with Gasteiger partial charge < -0.3 is 0 Å². The van der Waals surface area contributed by atoms with Crippen LogP contribution >= 0.6 is 0 Å². The number of allylic oxidation sites excluding steroid dienone is 2. The molecule has 1 nitrogen and oxygen atoms in total. The molecule has 31 heavy (non-hydrogen) atoms. The zero-order valence-electron chi connectivity index (χ0n) is 21.8. The third-order valence-electron chi connectivity index (χ3n) is 12.7. The Balaban J connectivity index is 1.57. The maximum absolute atomic E-state index is 12.9. The Morgan fingerprint density at radius 1 is 0.710 bits per heavy atom. The average molecular weight is 425 g/mol. The summed E-state index contributed by atoms with van der Waals surface area (Å²) in [6.45, 7) is 20.1. The van der Waals surface area contributed by atoms with E-state index in [1.54, 1.807) is 0 Å². The minimum Gasteiger partial charge on any atom is -0.299 e. The molecular formula is C30H48O. The van der Waals surface area contributed by atoms with Gasteiger partial charge in [-0.05, 0) is 103 Å². The lowest BCUT2D eigenvalue weighted by Gasteiger charge is -2.72. The van der Waals surface area contributed by atoms with Gasteiger partial charge in [-0.2, -0.15) is 0 Å². The quantitative estimate of drug-likeness (QED) is 0.357. The molecule has 0 aromatic carbocycles. The zero-order chi connectivity index (χ0) is 22.7. The van der Waals surface area contributed by atoms with Crippen molar-refractivity contribution in [3.05, 3.63) is 11.6 Å². The van der Waals surface area contributed by atoms with Crippen LogP contribution in [0.25, 0.3) is 0 Å². The van der Waals surface area contributed by atoms with E-state index < -0.39 is 0 Å². The number of rotatable bonds is 0. The molecule has 0 unspecified atom stereocenters. The predicted octanol–water partition coefficient (Wildman–Crippen LogP) is 8.38. The second-order valence-corrected chi connectivity index (χ2v) is 14.9. The molecule has 5 rings (SSSR count). The lowest BCUT2D eigenvalue weighted by Crippen LogP contribution is -2.65. The largest absolute Gasteiger partial charge is 0.299 e. The zero-order valence-corrected chi connectivity index (χ0v) is 21.8. The summed E-state index contributed by atoms with van der Waals surface area (Å²) in [5.41, 5.74) is 3.68. The minimum atomic E-state index is -0.132. The highest BCUT2D eigenvalue weighted by Crippen LogP contribution is 2.76. The van der Waals surface area contributed by atoms with Crippen LogP contribution in [0, 0.1) is 50.2 Å². The fourth-order valence-electron chi connectivity index (χ4n) is 10.4. The van der Waals surface area contributed by atoms with Crippen LogP contribution in [0.2, 0.25) is 0 Å².